The molecule has 2 saturated heterocycles. The number of rotatable bonds is 4. The van der Waals surface area contributed by atoms with Crippen LogP contribution in [0, 0.1) is 5.92 Å². The number of nitrogens with zero attached hydrogens (tertiary/aromatic N) is 3. The molecule has 6 nitrogen and oxygen atoms in total. The van der Waals surface area contributed by atoms with Gasteiger partial charge in [-0.15, -0.1) is 0 Å². The predicted molar refractivity (Wildman–Crippen MR) is 104 cm³/mol. The molecule has 1 atom stereocenters. The summed E-state index contributed by atoms with van der Waals surface area (Å²) in [5, 5.41) is 4.18. The normalized spacial score (nSPS) is 22.2. The molecule has 0 spiro atoms. The van der Waals surface area contributed by atoms with Gasteiger partial charge >= 0.3 is 0 Å². The molecule has 8 heteroatoms. The van der Waals surface area contributed by atoms with Crippen LogP contribution in [0.2, 0.25) is 0 Å². The molecule has 0 N–H and O–H groups in total. The summed E-state index contributed by atoms with van der Waals surface area (Å²) < 4.78 is 26.9. The second-order valence-corrected chi connectivity index (χ2v) is 9.83. The van der Waals surface area contributed by atoms with Crippen LogP contribution in [0.3, 0.4) is 0 Å². The molecule has 1 amide bonds. The zero-order valence-corrected chi connectivity index (χ0v) is 16.7. The van der Waals surface area contributed by atoms with E-state index >= 15 is 0 Å². The van der Waals surface area contributed by atoms with E-state index in [1.165, 1.54) is 16.1 Å². The molecule has 27 heavy (non-hydrogen) atoms. The van der Waals surface area contributed by atoms with E-state index in [4.69, 9.17) is 0 Å². The van der Waals surface area contributed by atoms with Crippen molar-refractivity contribution in [3.63, 3.8) is 0 Å². The first-order chi connectivity index (χ1) is 13.1. The lowest BCUT2D eigenvalue weighted by Crippen LogP contribution is -2.44. The monoisotopic (exact) mass is 405 g/mol. The molecule has 0 radical (unpaired) electrons. The van der Waals surface area contributed by atoms with E-state index < -0.39 is 10.0 Å². The van der Waals surface area contributed by atoms with Gasteiger partial charge in [-0.3, -0.25) is 9.78 Å². The predicted octanol–water partition coefficient (Wildman–Crippen LogP) is 2.91. The third-order valence-electron chi connectivity index (χ3n) is 5.54. The molecule has 2 aromatic heterocycles. The average Bonchev–Trinajstić information content (AvgIpc) is 3.39. The minimum atomic E-state index is -3.53. The maximum Gasteiger partial charge on any atom is 0.244 e. The third kappa shape index (κ3) is 3.66. The Labute approximate surface area is 163 Å². The molecule has 0 aromatic carbocycles. The van der Waals surface area contributed by atoms with Gasteiger partial charge in [0.25, 0.3) is 0 Å². The summed E-state index contributed by atoms with van der Waals surface area (Å²) in [5.74, 6) is 0.0895. The van der Waals surface area contributed by atoms with Crippen molar-refractivity contribution in [3.8, 4) is 0 Å². The standard InChI is InChI=1S/C19H23N3O3S2/c23-19(22-9-2-4-18(22)16-7-12-26-14-16)15-5-10-21(11-6-15)27(24,25)17-3-1-8-20-13-17/h1,3,7-8,12-15,18H,2,4-6,9-11H2/t18-/m1/s1. The highest BCUT2D eigenvalue weighted by Crippen LogP contribution is 2.35. The topological polar surface area (TPSA) is 70.6 Å². The summed E-state index contributed by atoms with van der Waals surface area (Å²) >= 11 is 1.66. The highest BCUT2D eigenvalue weighted by atomic mass is 32.2. The molecule has 2 aromatic rings. The Morgan fingerprint density at radius 2 is 1.96 bits per heavy atom. The fourth-order valence-corrected chi connectivity index (χ4v) is 6.21. The molecule has 4 heterocycles. The number of carbonyl (C=O) groups excluding carboxylic acids is 1. The second kappa shape index (κ2) is 7.69. The summed E-state index contributed by atoms with van der Waals surface area (Å²) in [6.45, 7) is 1.56. The lowest BCUT2D eigenvalue weighted by molar-refractivity contribution is -0.137. The molecule has 0 aliphatic carbocycles. The number of sulfonamides is 1. The number of pyridine rings is 1. The fourth-order valence-electron chi connectivity index (χ4n) is 4.07. The van der Waals surface area contributed by atoms with Crippen LogP contribution < -0.4 is 0 Å². The largest absolute Gasteiger partial charge is 0.335 e. The lowest BCUT2D eigenvalue weighted by Gasteiger charge is -2.34. The number of aromatic nitrogens is 1. The van der Waals surface area contributed by atoms with Gasteiger partial charge in [0.2, 0.25) is 15.9 Å². The molecule has 144 valence electrons. The Morgan fingerprint density at radius 1 is 1.15 bits per heavy atom. The van der Waals surface area contributed by atoms with E-state index in [1.807, 2.05) is 4.90 Å². The molecule has 0 saturated carbocycles. The number of piperidine rings is 1. The van der Waals surface area contributed by atoms with E-state index in [-0.39, 0.29) is 22.8 Å². The number of hydrogen-bond donors (Lipinski definition) is 0. The van der Waals surface area contributed by atoms with E-state index in [2.05, 4.69) is 21.8 Å². The van der Waals surface area contributed by atoms with Crippen LogP contribution >= 0.6 is 11.3 Å². The van der Waals surface area contributed by atoms with Crippen molar-refractivity contribution < 1.29 is 13.2 Å². The maximum atomic E-state index is 13.1. The highest BCUT2D eigenvalue weighted by Gasteiger charge is 2.37. The first-order valence-electron chi connectivity index (χ1n) is 9.30. The molecule has 0 unspecified atom stereocenters. The van der Waals surface area contributed by atoms with Crippen molar-refractivity contribution in [2.24, 2.45) is 5.92 Å². The van der Waals surface area contributed by atoms with Gasteiger partial charge in [0.15, 0.2) is 0 Å². The number of hydrogen-bond acceptors (Lipinski definition) is 5. The molecule has 2 aliphatic rings. The van der Waals surface area contributed by atoms with Crippen LogP contribution in [-0.4, -0.2) is 48.1 Å². The molecular formula is C19H23N3O3S2. The van der Waals surface area contributed by atoms with Crippen molar-refractivity contribution in [1.29, 1.82) is 0 Å². The van der Waals surface area contributed by atoms with Crippen LogP contribution in [0.15, 0.2) is 46.2 Å². The van der Waals surface area contributed by atoms with Gasteiger partial charge in [-0.25, -0.2) is 8.42 Å². The van der Waals surface area contributed by atoms with Crippen molar-refractivity contribution >= 4 is 27.3 Å². The second-order valence-electron chi connectivity index (χ2n) is 7.11. The molecular weight excluding hydrogens is 382 g/mol. The molecule has 2 aliphatic heterocycles. The Kier molecular flexibility index (Phi) is 5.29. The maximum absolute atomic E-state index is 13.1. The summed E-state index contributed by atoms with van der Waals surface area (Å²) in [6, 6.07) is 5.47. The average molecular weight is 406 g/mol. The van der Waals surface area contributed by atoms with Crippen LogP contribution in [0.1, 0.15) is 37.3 Å². The third-order valence-corrected chi connectivity index (χ3v) is 8.12. The van der Waals surface area contributed by atoms with Crippen molar-refractivity contribution in [3.05, 3.63) is 46.9 Å². The first kappa shape index (κ1) is 18.6. The van der Waals surface area contributed by atoms with E-state index in [1.54, 1.807) is 29.7 Å². The minimum absolute atomic E-state index is 0.0930. The minimum Gasteiger partial charge on any atom is -0.335 e. The molecule has 2 fully saturated rings. The Hall–Kier alpha value is -1.77. The Morgan fingerprint density at radius 3 is 2.63 bits per heavy atom. The summed E-state index contributed by atoms with van der Waals surface area (Å²) in [6.07, 6.45) is 6.12. The summed E-state index contributed by atoms with van der Waals surface area (Å²) in [5.41, 5.74) is 1.22. The number of carbonyl (C=O) groups is 1. The van der Waals surface area contributed by atoms with Crippen LogP contribution in [0.4, 0.5) is 0 Å². The fraction of sp³-hybridized carbons (Fsp3) is 0.474. The van der Waals surface area contributed by atoms with Gasteiger partial charge in [0, 0.05) is 37.9 Å². The van der Waals surface area contributed by atoms with Gasteiger partial charge in [-0.05, 0) is 60.2 Å². The number of likely N-dealkylation sites (tertiary alicyclic amines) is 1. The highest BCUT2D eigenvalue weighted by molar-refractivity contribution is 7.89. The number of amides is 1. The smallest absolute Gasteiger partial charge is 0.244 e. The molecule has 0 bridgehead atoms. The quantitative estimate of drug-likeness (QED) is 0.784. The SMILES string of the molecule is O=C(C1CCN(S(=O)(=O)c2cccnc2)CC1)N1CCC[C@@H]1c1ccsc1. The van der Waals surface area contributed by atoms with Gasteiger partial charge in [0.1, 0.15) is 4.90 Å². The van der Waals surface area contributed by atoms with Crippen LogP contribution in [0.5, 0.6) is 0 Å². The molecule has 4 rings (SSSR count). The van der Waals surface area contributed by atoms with E-state index in [9.17, 15) is 13.2 Å². The van der Waals surface area contributed by atoms with E-state index in [0.717, 1.165) is 19.4 Å². The van der Waals surface area contributed by atoms with Gasteiger partial charge in [-0.2, -0.15) is 15.6 Å². The summed E-state index contributed by atoms with van der Waals surface area (Å²) in [7, 11) is -3.53. The Bertz CT molecular complexity index is 876. The zero-order chi connectivity index (χ0) is 18.9. The first-order valence-corrected chi connectivity index (χ1v) is 11.7. The Balaban J connectivity index is 1.41. The summed E-state index contributed by atoms with van der Waals surface area (Å²) in [4.78, 5) is 19.2. The van der Waals surface area contributed by atoms with Crippen LogP contribution in [0.25, 0.3) is 0 Å². The van der Waals surface area contributed by atoms with Crippen LogP contribution in [-0.2, 0) is 14.8 Å². The lowest BCUT2D eigenvalue weighted by atomic mass is 9.95. The zero-order valence-electron chi connectivity index (χ0n) is 15.0. The van der Waals surface area contributed by atoms with Crippen molar-refractivity contribution in [2.45, 2.75) is 36.6 Å². The van der Waals surface area contributed by atoms with Crippen molar-refractivity contribution in [2.75, 3.05) is 19.6 Å². The van der Waals surface area contributed by atoms with E-state index in [0.29, 0.717) is 25.9 Å². The van der Waals surface area contributed by atoms with Gasteiger partial charge in [0.05, 0.1) is 6.04 Å². The van der Waals surface area contributed by atoms with Gasteiger partial charge < -0.3 is 4.90 Å². The number of thiophene rings is 1. The van der Waals surface area contributed by atoms with Crippen molar-refractivity contribution in [1.82, 2.24) is 14.2 Å². The van der Waals surface area contributed by atoms with Gasteiger partial charge in [-0.1, -0.05) is 0 Å².